The van der Waals surface area contributed by atoms with Crippen molar-refractivity contribution in [3.05, 3.63) is 63.7 Å². The molecule has 0 atom stereocenters. The monoisotopic (exact) mass is 413 g/mol. The molecule has 9 nitrogen and oxygen atoms in total. The Kier molecular flexibility index (Phi) is 6.89. The number of nitrogens with zero attached hydrogens (tertiary/aromatic N) is 1. The van der Waals surface area contributed by atoms with Gasteiger partial charge in [0.05, 0.1) is 28.4 Å². The van der Waals surface area contributed by atoms with E-state index in [4.69, 9.17) is 4.74 Å². The van der Waals surface area contributed by atoms with E-state index in [0.717, 1.165) is 0 Å². The van der Waals surface area contributed by atoms with E-state index >= 15 is 0 Å². The molecule has 2 rings (SSSR count). The fraction of sp³-hybridized carbons (Fsp3) is 0.286. The second-order valence-corrected chi connectivity index (χ2v) is 7.53. The quantitative estimate of drug-likeness (QED) is 0.306. The van der Waals surface area contributed by atoms with E-state index in [1.807, 2.05) is 0 Å². The lowest BCUT2D eigenvalue weighted by molar-refractivity contribution is -0.384. The number of hydrogen-bond donors (Lipinski definition) is 2. The maximum absolute atomic E-state index is 12.5. The summed E-state index contributed by atoms with van der Waals surface area (Å²) in [5.41, 5.74) is 0.255. The third kappa shape index (κ3) is 6.40. The molecule has 2 N–H and O–H groups in total. The summed E-state index contributed by atoms with van der Waals surface area (Å²) >= 11 is 0. The number of amides is 1. The molecule has 158 valence electrons. The van der Waals surface area contributed by atoms with E-state index in [-0.39, 0.29) is 29.3 Å². The SMILES string of the molecule is CC(=O)Nc1ccc(C(=O)OC(C)(C)C)cc1NCC(=O)c1cccc([N+](=O)[O-])c1. The number of nitrogens with one attached hydrogen (secondary N) is 2. The summed E-state index contributed by atoms with van der Waals surface area (Å²) in [5.74, 6) is -1.27. The molecule has 0 heterocycles. The van der Waals surface area contributed by atoms with E-state index in [0.29, 0.717) is 11.4 Å². The van der Waals surface area contributed by atoms with Crippen molar-refractivity contribution in [2.75, 3.05) is 17.2 Å². The Bertz CT molecular complexity index is 994. The van der Waals surface area contributed by atoms with Crippen molar-refractivity contribution < 1.29 is 24.0 Å². The van der Waals surface area contributed by atoms with Crippen LogP contribution in [0.2, 0.25) is 0 Å². The Morgan fingerprint density at radius 2 is 1.73 bits per heavy atom. The van der Waals surface area contributed by atoms with Gasteiger partial charge in [-0.3, -0.25) is 19.7 Å². The first kappa shape index (κ1) is 22.5. The van der Waals surface area contributed by atoms with Crippen molar-refractivity contribution in [3.8, 4) is 0 Å². The average Bonchev–Trinajstić information content (AvgIpc) is 2.65. The Morgan fingerprint density at radius 1 is 1.03 bits per heavy atom. The number of hydrogen-bond acceptors (Lipinski definition) is 7. The van der Waals surface area contributed by atoms with Gasteiger partial charge in [-0.1, -0.05) is 12.1 Å². The van der Waals surface area contributed by atoms with Crippen LogP contribution < -0.4 is 10.6 Å². The topological polar surface area (TPSA) is 128 Å². The molecule has 0 aliphatic heterocycles. The molecule has 1 amide bonds. The fourth-order valence-electron chi connectivity index (χ4n) is 2.52. The summed E-state index contributed by atoms with van der Waals surface area (Å²) < 4.78 is 5.35. The summed E-state index contributed by atoms with van der Waals surface area (Å²) in [7, 11) is 0. The fourth-order valence-corrected chi connectivity index (χ4v) is 2.52. The van der Waals surface area contributed by atoms with Crippen molar-refractivity contribution in [1.29, 1.82) is 0 Å². The van der Waals surface area contributed by atoms with Crippen LogP contribution >= 0.6 is 0 Å². The molecule has 0 saturated carbocycles. The van der Waals surface area contributed by atoms with Crippen molar-refractivity contribution in [2.24, 2.45) is 0 Å². The maximum atomic E-state index is 12.5. The molecule has 2 aromatic carbocycles. The Labute approximate surface area is 173 Å². The van der Waals surface area contributed by atoms with Gasteiger partial charge in [0.1, 0.15) is 5.60 Å². The minimum absolute atomic E-state index is 0.168. The standard InChI is InChI=1S/C21H23N3O6/c1-13(25)23-17-9-8-15(20(27)30-21(2,3)4)11-18(17)22-12-19(26)14-6-5-7-16(10-14)24(28)29/h5-11,22H,12H2,1-4H3,(H,23,25). The lowest BCUT2D eigenvalue weighted by Crippen LogP contribution is -2.24. The lowest BCUT2D eigenvalue weighted by atomic mass is 10.1. The van der Waals surface area contributed by atoms with E-state index in [2.05, 4.69) is 10.6 Å². The van der Waals surface area contributed by atoms with Gasteiger partial charge >= 0.3 is 5.97 Å². The Balaban J connectivity index is 2.25. The van der Waals surface area contributed by atoms with Crippen LogP contribution in [0.25, 0.3) is 0 Å². The number of nitro benzene ring substituents is 1. The molecule has 0 aliphatic carbocycles. The minimum atomic E-state index is -0.682. The number of esters is 1. The van der Waals surface area contributed by atoms with Crippen molar-refractivity contribution in [1.82, 2.24) is 0 Å². The first-order valence-electron chi connectivity index (χ1n) is 9.13. The predicted molar refractivity (Wildman–Crippen MR) is 112 cm³/mol. The molecule has 0 saturated heterocycles. The molecule has 0 unspecified atom stereocenters. The highest BCUT2D eigenvalue weighted by Gasteiger charge is 2.19. The molecular weight excluding hydrogens is 390 g/mol. The number of benzene rings is 2. The van der Waals surface area contributed by atoms with Crippen LogP contribution in [0.1, 0.15) is 48.4 Å². The van der Waals surface area contributed by atoms with Gasteiger partial charge < -0.3 is 15.4 Å². The predicted octanol–water partition coefficient (Wildman–Crippen LogP) is 3.80. The number of carbonyl (C=O) groups is 3. The zero-order chi connectivity index (χ0) is 22.5. The molecule has 0 aliphatic rings. The van der Waals surface area contributed by atoms with Gasteiger partial charge in [0.15, 0.2) is 5.78 Å². The molecule has 30 heavy (non-hydrogen) atoms. The summed E-state index contributed by atoms with van der Waals surface area (Å²) in [6.07, 6.45) is 0. The zero-order valence-corrected chi connectivity index (χ0v) is 17.1. The molecule has 0 aromatic heterocycles. The van der Waals surface area contributed by atoms with Crippen LogP contribution in [0.3, 0.4) is 0 Å². The van der Waals surface area contributed by atoms with Crippen LogP contribution in [0, 0.1) is 10.1 Å². The van der Waals surface area contributed by atoms with E-state index in [1.165, 1.54) is 49.4 Å². The normalized spacial score (nSPS) is 10.8. The minimum Gasteiger partial charge on any atom is -0.456 e. The number of carbonyl (C=O) groups excluding carboxylic acids is 3. The van der Waals surface area contributed by atoms with E-state index in [1.54, 1.807) is 20.8 Å². The number of ether oxygens (including phenoxy) is 1. The highest BCUT2D eigenvalue weighted by atomic mass is 16.6. The van der Waals surface area contributed by atoms with E-state index < -0.39 is 22.3 Å². The molecule has 0 bridgehead atoms. The average molecular weight is 413 g/mol. The summed E-state index contributed by atoms with van der Waals surface area (Å²) in [5, 5.41) is 16.4. The van der Waals surface area contributed by atoms with Gasteiger partial charge in [-0.2, -0.15) is 0 Å². The summed E-state index contributed by atoms with van der Waals surface area (Å²) in [6, 6.07) is 9.90. The molecular formula is C21H23N3O6. The molecule has 2 aromatic rings. The van der Waals surface area contributed by atoms with Crippen LogP contribution in [0.5, 0.6) is 0 Å². The van der Waals surface area contributed by atoms with Gasteiger partial charge in [0, 0.05) is 24.6 Å². The second kappa shape index (κ2) is 9.17. The number of rotatable bonds is 7. The van der Waals surface area contributed by atoms with Crippen LogP contribution in [-0.2, 0) is 9.53 Å². The molecule has 0 fully saturated rings. The summed E-state index contributed by atoms with van der Waals surface area (Å²) in [6.45, 7) is 6.36. The van der Waals surface area contributed by atoms with Gasteiger partial charge in [-0.25, -0.2) is 4.79 Å². The van der Waals surface area contributed by atoms with Crippen LogP contribution in [0.4, 0.5) is 17.1 Å². The first-order valence-corrected chi connectivity index (χ1v) is 9.13. The van der Waals surface area contributed by atoms with Gasteiger partial charge in [0.2, 0.25) is 5.91 Å². The third-order valence-corrected chi connectivity index (χ3v) is 3.78. The molecule has 9 heteroatoms. The third-order valence-electron chi connectivity index (χ3n) is 3.78. The largest absolute Gasteiger partial charge is 0.456 e. The van der Waals surface area contributed by atoms with Crippen LogP contribution in [-0.4, -0.2) is 34.7 Å². The first-order chi connectivity index (χ1) is 14.0. The number of non-ortho nitro benzene ring substituents is 1. The number of nitro groups is 1. The number of anilines is 2. The Morgan fingerprint density at radius 3 is 2.33 bits per heavy atom. The highest BCUT2D eigenvalue weighted by molar-refractivity contribution is 6.01. The highest BCUT2D eigenvalue weighted by Crippen LogP contribution is 2.25. The lowest BCUT2D eigenvalue weighted by Gasteiger charge is -2.20. The maximum Gasteiger partial charge on any atom is 0.338 e. The van der Waals surface area contributed by atoms with Gasteiger partial charge in [0.25, 0.3) is 5.69 Å². The van der Waals surface area contributed by atoms with Crippen molar-refractivity contribution in [3.63, 3.8) is 0 Å². The van der Waals surface area contributed by atoms with E-state index in [9.17, 15) is 24.5 Å². The van der Waals surface area contributed by atoms with Gasteiger partial charge in [-0.15, -0.1) is 0 Å². The number of ketones is 1. The van der Waals surface area contributed by atoms with Crippen LogP contribution in [0.15, 0.2) is 42.5 Å². The van der Waals surface area contributed by atoms with Crippen molar-refractivity contribution in [2.45, 2.75) is 33.3 Å². The zero-order valence-electron chi connectivity index (χ0n) is 17.1. The number of Topliss-reactive ketones (excluding diaryl/α,β-unsaturated/α-hetero) is 1. The Hall–Kier alpha value is -3.75. The second-order valence-electron chi connectivity index (χ2n) is 7.53. The van der Waals surface area contributed by atoms with Gasteiger partial charge in [-0.05, 0) is 39.0 Å². The smallest absolute Gasteiger partial charge is 0.338 e. The molecule has 0 spiro atoms. The van der Waals surface area contributed by atoms with Crippen molar-refractivity contribution >= 4 is 34.7 Å². The summed E-state index contributed by atoms with van der Waals surface area (Å²) in [4.78, 5) is 46.6. The molecule has 0 radical (unpaired) electrons.